The van der Waals surface area contributed by atoms with Crippen LogP contribution in [0.25, 0.3) is 0 Å². The van der Waals surface area contributed by atoms with Crippen molar-refractivity contribution in [2.24, 2.45) is 0 Å². The number of hydrogen-bond acceptors (Lipinski definition) is 6. The number of rotatable bonds is 22. The quantitative estimate of drug-likeness (QED) is 0.0748. The smallest absolute Gasteiger partial charge is 0.306 e. The van der Waals surface area contributed by atoms with Crippen LogP contribution in [0.2, 0.25) is 0 Å². The van der Waals surface area contributed by atoms with Gasteiger partial charge in [0.1, 0.15) is 19.0 Å². The van der Waals surface area contributed by atoms with E-state index in [0.29, 0.717) is 13.0 Å². The number of aryl methyl sites for hydroxylation is 1. The van der Waals surface area contributed by atoms with Crippen LogP contribution in [0.5, 0.6) is 5.75 Å². The molecular formula is C31H44O7. The number of aliphatic carboxylic acids is 1. The zero-order valence-electron chi connectivity index (χ0n) is 22.8. The summed E-state index contributed by atoms with van der Waals surface area (Å²) in [7, 11) is 0. The van der Waals surface area contributed by atoms with Gasteiger partial charge in [-0.25, -0.2) is 9.78 Å². The SMILES string of the molecule is CCCCCCCCCCCOc1ccccc1CCC(=O)OCc1cccc(COOCCC(=O)O)c1. The summed E-state index contributed by atoms with van der Waals surface area (Å²) < 4.78 is 11.5. The normalized spacial score (nSPS) is 10.9. The Labute approximate surface area is 227 Å². The molecular weight excluding hydrogens is 484 g/mol. The van der Waals surface area contributed by atoms with Crippen LogP contribution >= 0.6 is 0 Å². The monoisotopic (exact) mass is 528 g/mol. The number of ether oxygens (including phenoxy) is 2. The number of benzene rings is 2. The lowest BCUT2D eigenvalue weighted by Gasteiger charge is -2.12. The van der Waals surface area contributed by atoms with Crippen LogP contribution in [0.4, 0.5) is 0 Å². The molecule has 1 N–H and O–H groups in total. The van der Waals surface area contributed by atoms with Gasteiger partial charge in [0.2, 0.25) is 0 Å². The molecule has 0 saturated carbocycles. The zero-order chi connectivity index (χ0) is 27.3. The second kappa shape index (κ2) is 20.1. The minimum Gasteiger partial charge on any atom is -0.493 e. The number of carbonyl (C=O) groups is 2. The molecule has 38 heavy (non-hydrogen) atoms. The van der Waals surface area contributed by atoms with Gasteiger partial charge in [0, 0.05) is 6.42 Å². The van der Waals surface area contributed by atoms with E-state index in [0.717, 1.165) is 28.9 Å². The van der Waals surface area contributed by atoms with Crippen LogP contribution in [0.15, 0.2) is 48.5 Å². The fraction of sp³-hybridized carbons (Fsp3) is 0.548. The second-order valence-electron chi connectivity index (χ2n) is 9.49. The number of carbonyl (C=O) groups excluding carboxylic acids is 1. The molecule has 0 saturated heterocycles. The predicted molar refractivity (Wildman–Crippen MR) is 147 cm³/mol. The van der Waals surface area contributed by atoms with Gasteiger partial charge >= 0.3 is 11.9 Å². The second-order valence-corrected chi connectivity index (χ2v) is 9.49. The minimum atomic E-state index is -0.942. The van der Waals surface area contributed by atoms with Gasteiger partial charge in [0.15, 0.2) is 0 Å². The van der Waals surface area contributed by atoms with Crippen molar-refractivity contribution in [1.29, 1.82) is 0 Å². The summed E-state index contributed by atoms with van der Waals surface area (Å²) in [5.74, 6) is -0.363. The van der Waals surface area contributed by atoms with Gasteiger partial charge < -0.3 is 14.6 Å². The minimum absolute atomic E-state index is 0.0138. The third-order valence-corrected chi connectivity index (χ3v) is 6.18. The fourth-order valence-electron chi connectivity index (χ4n) is 4.03. The van der Waals surface area contributed by atoms with Crippen LogP contribution < -0.4 is 4.74 Å². The van der Waals surface area contributed by atoms with E-state index >= 15 is 0 Å². The maximum atomic E-state index is 12.4. The number of carboxylic acids is 1. The highest BCUT2D eigenvalue weighted by atomic mass is 17.2. The number of para-hydroxylation sites is 1. The Bertz CT molecular complexity index is 928. The van der Waals surface area contributed by atoms with E-state index in [2.05, 4.69) is 6.92 Å². The molecule has 0 aromatic heterocycles. The lowest BCUT2D eigenvalue weighted by molar-refractivity contribution is -0.303. The third-order valence-electron chi connectivity index (χ3n) is 6.18. The molecule has 7 nitrogen and oxygen atoms in total. The van der Waals surface area contributed by atoms with Crippen LogP contribution in [-0.2, 0) is 43.7 Å². The van der Waals surface area contributed by atoms with Crippen molar-refractivity contribution < 1.29 is 33.9 Å². The molecule has 2 aromatic rings. The van der Waals surface area contributed by atoms with Gasteiger partial charge in [-0.05, 0) is 41.7 Å². The van der Waals surface area contributed by atoms with Crippen molar-refractivity contribution in [3.8, 4) is 5.75 Å². The summed E-state index contributed by atoms with van der Waals surface area (Å²) in [6.45, 7) is 3.28. The molecule has 0 amide bonds. The van der Waals surface area contributed by atoms with Crippen molar-refractivity contribution in [3.05, 3.63) is 65.2 Å². The lowest BCUT2D eigenvalue weighted by atomic mass is 10.1. The zero-order valence-corrected chi connectivity index (χ0v) is 22.8. The number of unbranched alkanes of at least 4 members (excludes halogenated alkanes) is 8. The van der Waals surface area contributed by atoms with E-state index in [1.54, 1.807) is 0 Å². The molecule has 0 fully saturated rings. The molecule has 0 spiro atoms. The van der Waals surface area contributed by atoms with Crippen LogP contribution in [-0.4, -0.2) is 30.3 Å². The van der Waals surface area contributed by atoms with Crippen LogP contribution in [0.1, 0.15) is 94.2 Å². The highest BCUT2D eigenvalue weighted by molar-refractivity contribution is 5.70. The van der Waals surface area contributed by atoms with Gasteiger partial charge in [0.05, 0.1) is 19.6 Å². The van der Waals surface area contributed by atoms with E-state index < -0.39 is 5.97 Å². The summed E-state index contributed by atoms with van der Waals surface area (Å²) in [5.41, 5.74) is 2.70. The van der Waals surface area contributed by atoms with Crippen molar-refractivity contribution in [2.75, 3.05) is 13.2 Å². The summed E-state index contributed by atoms with van der Waals surface area (Å²) in [6.07, 6.45) is 12.2. The Morgan fingerprint density at radius 1 is 0.737 bits per heavy atom. The molecule has 0 radical (unpaired) electrons. The molecule has 0 aliphatic rings. The highest BCUT2D eigenvalue weighted by Crippen LogP contribution is 2.21. The van der Waals surface area contributed by atoms with Gasteiger partial charge in [-0.2, -0.15) is 0 Å². The Morgan fingerprint density at radius 3 is 2.16 bits per heavy atom. The van der Waals surface area contributed by atoms with Crippen molar-refractivity contribution >= 4 is 11.9 Å². The van der Waals surface area contributed by atoms with E-state index in [9.17, 15) is 9.59 Å². The largest absolute Gasteiger partial charge is 0.493 e. The first-order valence-electron chi connectivity index (χ1n) is 14.0. The van der Waals surface area contributed by atoms with Crippen molar-refractivity contribution in [1.82, 2.24) is 0 Å². The lowest BCUT2D eigenvalue weighted by Crippen LogP contribution is -2.07. The molecule has 0 bridgehead atoms. The van der Waals surface area contributed by atoms with Gasteiger partial charge in [-0.3, -0.25) is 9.59 Å². The highest BCUT2D eigenvalue weighted by Gasteiger charge is 2.09. The van der Waals surface area contributed by atoms with Crippen LogP contribution in [0.3, 0.4) is 0 Å². The topological polar surface area (TPSA) is 91.3 Å². The molecule has 0 atom stereocenters. The Balaban J connectivity index is 1.63. The van der Waals surface area contributed by atoms with E-state index in [4.69, 9.17) is 24.4 Å². The molecule has 0 aliphatic carbocycles. The van der Waals surface area contributed by atoms with E-state index in [1.165, 1.54) is 51.4 Å². The summed E-state index contributed by atoms with van der Waals surface area (Å²) in [5, 5.41) is 8.59. The molecule has 2 rings (SSSR count). The standard InChI is InChI=1S/C31H44O7/c1-2-3-4-5-6-7-8-9-12-21-35-29-17-11-10-16-28(29)18-19-31(34)36-24-26-14-13-15-27(23-26)25-38-37-22-20-30(32)33/h10-11,13-17,23H,2-9,12,18-22,24-25H2,1H3,(H,32,33). The number of carboxylic acid groups (broad SMARTS) is 1. The maximum absolute atomic E-state index is 12.4. The third kappa shape index (κ3) is 14.7. The molecule has 0 unspecified atom stereocenters. The fourth-order valence-corrected chi connectivity index (χ4v) is 4.03. The van der Waals surface area contributed by atoms with Gasteiger partial charge in [-0.1, -0.05) is 94.7 Å². The molecule has 210 valence electrons. The average Bonchev–Trinajstić information content (AvgIpc) is 2.92. The van der Waals surface area contributed by atoms with E-state index in [-0.39, 0.29) is 38.6 Å². The van der Waals surface area contributed by atoms with Gasteiger partial charge in [-0.15, -0.1) is 0 Å². The first-order chi connectivity index (χ1) is 18.6. The summed E-state index contributed by atoms with van der Waals surface area (Å²) in [6, 6.07) is 15.3. The van der Waals surface area contributed by atoms with Crippen molar-refractivity contribution in [3.63, 3.8) is 0 Å². The number of hydrogen-bond donors (Lipinski definition) is 1. The molecule has 2 aromatic carbocycles. The molecule has 7 heteroatoms. The van der Waals surface area contributed by atoms with Crippen molar-refractivity contribution in [2.45, 2.75) is 97.2 Å². The Hall–Kier alpha value is -2.90. The first kappa shape index (κ1) is 31.3. The predicted octanol–water partition coefficient (Wildman–Crippen LogP) is 7.20. The summed E-state index contributed by atoms with van der Waals surface area (Å²) >= 11 is 0. The van der Waals surface area contributed by atoms with E-state index in [1.807, 2.05) is 48.5 Å². The maximum Gasteiger partial charge on any atom is 0.306 e. The van der Waals surface area contributed by atoms with Gasteiger partial charge in [0.25, 0.3) is 0 Å². The number of esters is 1. The summed E-state index contributed by atoms with van der Waals surface area (Å²) in [4.78, 5) is 32.7. The average molecular weight is 529 g/mol. The Kier molecular flexibility index (Phi) is 16.6. The molecule has 0 heterocycles. The van der Waals surface area contributed by atoms with Crippen LogP contribution in [0, 0.1) is 0 Å². The Morgan fingerprint density at radius 2 is 1.42 bits per heavy atom. The molecule has 0 aliphatic heterocycles. The first-order valence-corrected chi connectivity index (χ1v) is 14.0.